The molecule has 0 saturated heterocycles. The molecule has 140 valence electrons. The van der Waals surface area contributed by atoms with E-state index in [1.165, 1.54) is 18.2 Å². The Kier molecular flexibility index (Phi) is 6.14. The molecule has 0 aliphatic heterocycles. The van der Waals surface area contributed by atoms with Gasteiger partial charge in [0.15, 0.2) is 11.6 Å². The molecule has 26 heavy (non-hydrogen) atoms. The third kappa shape index (κ3) is 4.48. The van der Waals surface area contributed by atoms with Gasteiger partial charge >= 0.3 is 5.97 Å². The van der Waals surface area contributed by atoms with Crippen LogP contribution in [0.3, 0.4) is 0 Å². The molecule has 2 rings (SSSR count). The lowest BCUT2D eigenvalue weighted by molar-refractivity contribution is 0.0526. The second-order valence-electron chi connectivity index (χ2n) is 5.19. The van der Waals surface area contributed by atoms with Gasteiger partial charge in [-0.2, -0.15) is 0 Å². The Hall–Kier alpha value is -2.68. The quantitative estimate of drug-likeness (QED) is 0.715. The van der Waals surface area contributed by atoms with E-state index in [0.717, 1.165) is 12.1 Å². The Labute approximate surface area is 150 Å². The smallest absolute Gasteiger partial charge is 0.338 e. The molecule has 2 aromatic carbocycles. The van der Waals surface area contributed by atoms with Crippen LogP contribution < -0.4 is 10.0 Å². The average Bonchev–Trinajstić information content (AvgIpc) is 2.59. The molecule has 0 bridgehead atoms. The first-order valence-corrected chi connectivity index (χ1v) is 9.29. The molecule has 2 N–H and O–H groups in total. The van der Waals surface area contributed by atoms with Crippen molar-refractivity contribution in [3.8, 4) is 0 Å². The monoisotopic (exact) mass is 384 g/mol. The highest BCUT2D eigenvalue weighted by Crippen LogP contribution is 2.27. The number of carbonyl (C=O) groups is 1. The summed E-state index contributed by atoms with van der Waals surface area (Å²) >= 11 is 0. The van der Waals surface area contributed by atoms with Gasteiger partial charge in [-0.15, -0.1) is 0 Å². The SMILES string of the molecule is CCNc1ccc(C(=O)OCC)cc1NS(=O)(=O)c1ccc(F)c(F)c1. The summed E-state index contributed by atoms with van der Waals surface area (Å²) in [5.74, 6) is -3.04. The van der Waals surface area contributed by atoms with Crippen LogP contribution in [0, 0.1) is 11.6 Å². The van der Waals surface area contributed by atoms with E-state index in [-0.39, 0.29) is 17.9 Å². The van der Waals surface area contributed by atoms with E-state index in [9.17, 15) is 22.0 Å². The van der Waals surface area contributed by atoms with Crippen LogP contribution in [0.15, 0.2) is 41.3 Å². The molecule has 6 nitrogen and oxygen atoms in total. The number of sulfonamides is 1. The Morgan fingerprint density at radius 2 is 1.77 bits per heavy atom. The van der Waals surface area contributed by atoms with Crippen LogP contribution in [0.1, 0.15) is 24.2 Å². The lowest BCUT2D eigenvalue weighted by atomic mass is 10.1. The minimum atomic E-state index is -4.20. The zero-order chi connectivity index (χ0) is 19.3. The Morgan fingerprint density at radius 3 is 2.38 bits per heavy atom. The van der Waals surface area contributed by atoms with Crippen LogP contribution in [-0.4, -0.2) is 27.5 Å². The molecule has 0 saturated carbocycles. The van der Waals surface area contributed by atoms with E-state index in [1.54, 1.807) is 6.92 Å². The van der Waals surface area contributed by atoms with Crippen molar-refractivity contribution in [1.29, 1.82) is 0 Å². The minimum Gasteiger partial charge on any atom is -0.462 e. The summed E-state index contributed by atoms with van der Waals surface area (Å²) < 4.78 is 58.6. The molecule has 0 unspecified atom stereocenters. The third-order valence-corrected chi connectivity index (χ3v) is 4.71. The summed E-state index contributed by atoms with van der Waals surface area (Å²) in [6.07, 6.45) is 0. The average molecular weight is 384 g/mol. The highest BCUT2D eigenvalue weighted by Gasteiger charge is 2.19. The maximum absolute atomic E-state index is 13.4. The fourth-order valence-electron chi connectivity index (χ4n) is 2.16. The molecule has 0 heterocycles. The number of anilines is 2. The van der Waals surface area contributed by atoms with Gasteiger partial charge < -0.3 is 10.1 Å². The van der Waals surface area contributed by atoms with E-state index in [2.05, 4.69) is 10.0 Å². The second kappa shape index (κ2) is 8.13. The summed E-state index contributed by atoms with van der Waals surface area (Å²) in [5.41, 5.74) is 0.658. The number of ether oxygens (including phenoxy) is 1. The molecule has 0 radical (unpaired) electrons. The first-order valence-electron chi connectivity index (χ1n) is 7.81. The van der Waals surface area contributed by atoms with Crippen molar-refractivity contribution in [2.24, 2.45) is 0 Å². The van der Waals surface area contributed by atoms with E-state index in [4.69, 9.17) is 4.74 Å². The van der Waals surface area contributed by atoms with Crippen molar-refractivity contribution in [3.63, 3.8) is 0 Å². The molecule has 0 fully saturated rings. The normalized spacial score (nSPS) is 11.1. The first-order chi connectivity index (χ1) is 12.3. The number of hydrogen-bond donors (Lipinski definition) is 2. The maximum atomic E-state index is 13.4. The van der Waals surface area contributed by atoms with Crippen molar-refractivity contribution >= 4 is 27.4 Å². The summed E-state index contributed by atoms with van der Waals surface area (Å²) in [4.78, 5) is 11.4. The highest BCUT2D eigenvalue weighted by atomic mass is 32.2. The van der Waals surface area contributed by atoms with Crippen LogP contribution in [0.5, 0.6) is 0 Å². The number of hydrogen-bond acceptors (Lipinski definition) is 5. The van der Waals surface area contributed by atoms with Gasteiger partial charge in [0.05, 0.1) is 28.4 Å². The zero-order valence-corrected chi connectivity index (χ0v) is 15.0. The van der Waals surface area contributed by atoms with Crippen LogP contribution in [0.25, 0.3) is 0 Å². The number of carbonyl (C=O) groups excluding carboxylic acids is 1. The van der Waals surface area contributed by atoms with Crippen molar-refractivity contribution in [3.05, 3.63) is 53.6 Å². The Balaban J connectivity index is 2.42. The van der Waals surface area contributed by atoms with Crippen molar-refractivity contribution in [2.45, 2.75) is 18.7 Å². The molecule has 0 aliphatic carbocycles. The van der Waals surface area contributed by atoms with Crippen LogP contribution >= 0.6 is 0 Å². The fraction of sp³-hybridized carbons (Fsp3) is 0.235. The predicted molar refractivity (Wildman–Crippen MR) is 93.7 cm³/mol. The lowest BCUT2D eigenvalue weighted by Crippen LogP contribution is -2.16. The van der Waals surface area contributed by atoms with E-state index >= 15 is 0 Å². The van der Waals surface area contributed by atoms with Gasteiger partial charge in [-0.05, 0) is 50.2 Å². The van der Waals surface area contributed by atoms with Crippen molar-refractivity contribution < 1.29 is 26.7 Å². The minimum absolute atomic E-state index is 0.0853. The van der Waals surface area contributed by atoms with Gasteiger partial charge in [0.1, 0.15) is 0 Å². The molecule has 0 atom stereocenters. The lowest BCUT2D eigenvalue weighted by Gasteiger charge is -2.15. The largest absolute Gasteiger partial charge is 0.462 e. The second-order valence-corrected chi connectivity index (χ2v) is 6.87. The molecule has 0 aliphatic rings. The Bertz CT molecular complexity index is 917. The van der Waals surface area contributed by atoms with Crippen LogP contribution in [0.4, 0.5) is 20.2 Å². The number of nitrogens with one attached hydrogen (secondary N) is 2. The van der Waals surface area contributed by atoms with E-state index in [1.807, 2.05) is 6.92 Å². The summed E-state index contributed by atoms with van der Waals surface area (Å²) in [6, 6.07) is 6.59. The highest BCUT2D eigenvalue weighted by molar-refractivity contribution is 7.92. The zero-order valence-electron chi connectivity index (χ0n) is 14.2. The van der Waals surface area contributed by atoms with Gasteiger partial charge in [0, 0.05) is 6.54 Å². The fourth-order valence-corrected chi connectivity index (χ4v) is 3.24. The number of esters is 1. The molecule has 0 aromatic heterocycles. The maximum Gasteiger partial charge on any atom is 0.338 e. The van der Waals surface area contributed by atoms with Gasteiger partial charge in [0.25, 0.3) is 10.0 Å². The van der Waals surface area contributed by atoms with Crippen LogP contribution in [0.2, 0.25) is 0 Å². The summed E-state index contributed by atoms with van der Waals surface area (Å²) in [7, 11) is -4.20. The topological polar surface area (TPSA) is 84.5 Å². The number of rotatable bonds is 7. The number of halogens is 2. The number of benzene rings is 2. The van der Waals surface area contributed by atoms with Crippen molar-refractivity contribution in [2.75, 3.05) is 23.2 Å². The summed E-state index contributed by atoms with van der Waals surface area (Å²) in [6.45, 7) is 4.13. The predicted octanol–water partition coefficient (Wildman–Crippen LogP) is 3.37. The standard InChI is InChI=1S/C17H18F2N2O4S/c1-3-20-15-8-5-11(17(22)25-4-2)9-16(15)21-26(23,24)12-6-7-13(18)14(19)10-12/h5-10,20-21H,3-4H2,1-2H3. The molecular weight excluding hydrogens is 366 g/mol. The molecule has 0 amide bonds. The Morgan fingerprint density at radius 1 is 1.04 bits per heavy atom. The van der Waals surface area contributed by atoms with E-state index in [0.29, 0.717) is 18.3 Å². The van der Waals surface area contributed by atoms with Gasteiger partial charge in [-0.3, -0.25) is 4.72 Å². The van der Waals surface area contributed by atoms with Crippen LogP contribution in [-0.2, 0) is 14.8 Å². The molecular formula is C17H18F2N2O4S. The third-order valence-electron chi connectivity index (χ3n) is 3.34. The first kappa shape index (κ1) is 19.6. The molecule has 0 spiro atoms. The molecule has 2 aromatic rings. The molecule has 9 heteroatoms. The van der Waals surface area contributed by atoms with Gasteiger partial charge in [0.2, 0.25) is 0 Å². The van der Waals surface area contributed by atoms with Gasteiger partial charge in [-0.1, -0.05) is 0 Å². The summed E-state index contributed by atoms with van der Waals surface area (Å²) in [5, 5.41) is 2.96. The van der Waals surface area contributed by atoms with Crippen molar-refractivity contribution in [1.82, 2.24) is 0 Å². The van der Waals surface area contributed by atoms with Gasteiger partial charge in [-0.25, -0.2) is 22.0 Å². The van der Waals surface area contributed by atoms with E-state index < -0.39 is 32.5 Å².